The molecule has 1 amide bonds. The lowest BCUT2D eigenvalue weighted by Crippen LogP contribution is -2.39. The number of nitrogens with two attached hydrogens (primary N) is 1. The topological polar surface area (TPSA) is 58.7 Å². The number of hydrogen-bond acceptors (Lipinski definition) is 3. The zero-order chi connectivity index (χ0) is 20.4. The lowest BCUT2D eigenvalue weighted by Gasteiger charge is -2.27. The number of hydrogen-bond donors (Lipinski definition) is 1. The molecule has 1 saturated carbocycles. The fourth-order valence-electron chi connectivity index (χ4n) is 4.58. The van der Waals surface area contributed by atoms with Gasteiger partial charge in [0.1, 0.15) is 6.04 Å². The quantitative estimate of drug-likeness (QED) is 0.730. The lowest BCUT2D eigenvalue weighted by atomic mass is 9.82. The molecular weight excluding hydrogens is 358 g/mol. The van der Waals surface area contributed by atoms with Gasteiger partial charge in [-0.1, -0.05) is 63.4 Å². The number of fused-ring (bicyclic) bond motifs is 1. The van der Waals surface area contributed by atoms with Gasteiger partial charge in [0, 0.05) is 22.9 Å². The van der Waals surface area contributed by atoms with Crippen molar-refractivity contribution >= 4 is 23.0 Å². The van der Waals surface area contributed by atoms with Crippen LogP contribution in [-0.4, -0.2) is 17.7 Å². The number of nitrogen functional groups attached to an aromatic ring is 1. The van der Waals surface area contributed by atoms with Crippen LogP contribution in [0.25, 0.3) is 0 Å². The summed E-state index contributed by atoms with van der Waals surface area (Å²) in [5, 5.41) is 0. The molecule has 4 rings (SSSR count). The summed E-state index contributed by atoms with van der Waals surface area (Å²) in [5.74, 6) is 0.704. The summed E-state index contributed by atoms with van der Waals surface area (Å²) in [6.45, 7) is 4.73. The van der Waals surface area contributed by atoms with E-state index in [1.165, 1.54) is 32.1 Å². The monoisotopic (exact) mass is 389 g/mol. The van der Waals surface area contributed by atoms with Crippen LogP contribution in [0.1, 0.15) is 57.1 Å². The number of nitrogens with zero attached hydrogens (tertiary/aromatic N) is 2. The molecule has 0 bridgehead atoms. The standard InChI is InChI=1S/C25H31N3O/c1-17(2)23-25(29)28(16-18-12-14-20(26)15-13-18)22-11-7-6-10-21(22)24(27-23)19-8-4-3-5-9-19/h6-7,10-15,17,19,23H,3-5,8-9,16,26H2,1-2H3/t23-/m0/s1. The number of benzene rings is 2. The van der Waals surface area contributed by atoms with Gasteiger partial charge in [-0.15, -0.1) is 0 Å². The molecule has 1 atom stereocenters. The molecule has 2 aromatic carbocycles. The minimum Gasteiger partial charge on any atom is -0.399 e. The molecule has 2 N–H and O–H groups in total. The Morgan fingerprint density at radius 3 is 2.41 bits per heavy atom. The Kier molecular flexibility index (Phi) is 5.70. The van der Waals surface area contributed by atoms with Crippen LogP contribution in [0.3, 0.4) is 0 Å². The molecule has 1 aliphatic carbocycles. The highest BCUT2D eigenvalue weighted by molar-refractivity contribution is 6.13. The highest BCUT2D eigenvalue weighted by Crippen LogP contribution is 2.35. The Labute approximate surface area is 173 Å². The molecule has 2 aromatic rings. The first-order valence-corrected chi connectivity index (χ1v) is 10.9. The number of para-hydroxylation sites is 1. The van der Waals surface area contributed by atoms with Crippen molar-refractivity contribution in [3.63, 3.8) is 0 Å². The summed E-state index contributed by atoms with van der Waals surface area (Å²) < 4.78 is 0. The Morgan fingerprint density at radius 2 is 1.72 bits per heavy atom. The smallest absolute Gasteiger partial charge is 0.252 e. The van der Waals surface area contributed by atoms with Crippen molar-refractivity contribution in [3.05, 3.63) is 59.7 Å². The number of aliphatic imine (C=N–C) groups is 1. The average Bonchev–Trinajstić information content (AvgIpc) is 2.86. The second-order valence-corrected chi connectivity index (χ2v) is 8.72. The molecule has 1 fully saturated rings. The van der Waals surface area contributed by atoms with Crippen molar-refractivity contribution in [2.45, 2.75) is 58.5 Å². The third-order valence-electron chi connectivity index (χ3n) is 6.21. The van der Waals surface area contributed by atoms with E-state index in [4.69, 9.17) is 10.7 Å². The first kappa shape index (κ1) is 19.7. The van der Waals surface area contributed by atoms with Crippen molar-refractivity contribution in [3.8, 4) is 0 Å². The van der Waals surface area contributed by atoms with Gasteiger partial charge in [-0.05, 0) is 42.5 Å². The average molecular weight is 390 g/mol. The van der Waals surface area contributed by atoms with Gasteiger partial charge >= 0.3 is 0 Å². The lowest BCUT2D eigenvalue weighted by molar-refractivity contribution is -0.120. The van der Waals surface area contributed by atoms with Crippen LogP contribution >= 0.6 is 0 Å². The van der Waals surface area contributed by atoms with Crippen molar-refractivity contribution in [1.82, 2.24) is 0 Å². The van der Waals surface area contributed by atoms with Crippen molar-refractivity contribution in [1.29, 1.82) is 0 Å². The van der Waals surface area contributed by atoms with Gasteiger partial charge in [0.05, 0.1) is 12.2 Å². The van der Waals surface area contributed by atoms with Crippen LogP contribution in [-0.2, 0) is 11.3 Å². The number of rotatable bonds is 4. The molecule has 1 aliphatic heterocycles. The minimum absolute atomic E-state index is 0.0927. The SMILES string of the molecule is CC(C)[C@@H]1N=C(C2CCCCC2)c2ccccc2N(Cc2ccc(N)cc2)C1=O. The fourth-order valence-corrected chi connectivity index (χ4v) is 4.58. The highest BCUT2D eigenvalue weighted by Gasteiger charge is 2.35. The van der Waals surface area contributed by atoms with E-state index in [9.17, 15) is 4.79 Å². The van der Waals surface area contributed by atoms with Crippen LogP contribution in [0.2, 0.25) is 0 Å². The summed E-state index contributed by atoms with van der Waals surface area (Å²) in [5.41, 5.74) is 10.9. The second-order valence-electron chi connectivity index (χ2n) is 8.72. The summed E-state index contributed by atoms with van der Waals surface area (Å²) in [7, 11) is 0. The molecule has 2 aliphatic rings. The molecule has 0 unspecified atom stereocenters. The van der Waals surface area contributed by atoms with Crippen molar-refractivity contribution in [2.75, 3.05) is 10.6 Å². The largest absolute Gasteiger partial charge is 0.399 e. The van der Waals surface area contributed by atoms with Crippen molar-refractivity contribution < 1.29 is 4.79 Å². The van der Waals surface area contributed by atoms with Crippen LogP contribution in [0.5, 0.6) is 0 Å². The third-order valence-corrected chi connectivity index (χ3v) is 6.21. The molecular formula is C25H31N3O. The van der Waals surface area contributed by atoms with E-state index in [0.29, 0.717) is 12.5 Å². The van der Waals surface area contributed by atoms with Crippen LogP contribution in [0, 0.1) is 11.8 Å². The van der Waals surface area contributed by atoms with Gasteiger partial charge < -0.3 is 10.6 Å². The van der Waals surface area contributed by atoms with Gasteiger partial charge in [0.2, 0.25) is 0 Å². The first-order chi connectivity index (χ1) is 14.0. The van der Waals surface area contributed by atoms with E-state index in [1.54, 1.807) is 0 Å². The predicted molar refractivity (Wildman–Crippen MR) is 120 cm³/mol. The summed E-state index contributed by atoms with van der Waals surface area (Å²) in [6.07, 6.45) is 6.15. The first-order valence-electron chi connectivity index (χ1n) is 10.9. The highest BCUT2D eigenvalue weighted by atomic mass is 16.2. The number of benzodiazepines with no additional fused rings is 1. The van der Waals surface area contributed by atoms with E-state index >= 15 is 0 Å². The normalized spacial score (nSPS) is 20.4. The molecule has 0 radical (unpaired) electrons. The molecule has 0 aromatic heterocycles. The van der Waals surface area contributed by atoms with E-state index in [2.05, 4.69) is 32.0 Å². The van der Waals surface area contributed by atoms with E-state index in [1.807, 2.05) is 35.2 Å². The molecule has 29 heavy (non-hydrogen) atoms. The Morgan fingerprint density at radius 1 is 1.03 bits per heavy atom. The third kappa shape index (κ3) is 4.07. The molecule has 0 spiro atoms. The molecule has 0 saturated heterocycles. The van der Waals surface area contributed by atoms with Gasteiger partial charge in [-0.2, -0.15) is 0 Å². The Balaban J connectivity index is 1.79. The Bertz CT molecular complexity index is 895. The van der Waals surface area contributed by atoms with Crippen LogP contribution in [0.4, 0.5) is 11.4 Å². The van der Waals surface area contributed by atoms with E-state index in [0.717, 1.165) is 28.2 Å². The van der Waals surface area contributed by atoms with Gasteiger partial charge in [-0.25, -0.2) is 0 Å². The van der Waals surface area contributed by atoms with Gasteiger partial charge in [-0.3, -0.25) is 9.79 Å². The number of amides is 1. The summed E-state index contributed by atoms with van der Waals surface area (Å²) in [4.78, 5) is 20.7. The maximum Gasteiger partial charge on any atom is 0.252 e. The summed E-state index contributed by atoms with van der Waals surface area (Å²) >= 11 is 0. The van der Waals surface area contributed by atoms with Crippen LogP contribution < -0.4 is 10.6 Å². The minimum atomic E-state index is -0.340. The van der Waals surface area contributed by atoms with Gasteiger partial charge in [0.15, 0.2) is 0 Å². The molecule has 1 heterocycles. The zero-order valence-electron chi connectivity index (χ0n) is 17.5. The maximum atomic E-state index is 13.6. The maximum absolute atomic E-state index is 13.6. The van der Waals surface area contributed by atoms with E-state index in [-0.39, 0.29) is 17.9 Å². The predicted octanol–water partition coefficient (Wildman–Crippen LogP) is 5.21. The van der Waals surface area contributed by atoms with E-state index < -0.39 is 0 Å². The Hall–Kier alpha value is -2.62. The fraction of sp³-hybridized carbons (Fsp3) is 0.440. The van der Waals surface area contributed by atoms with Crippen molar-refractivity contribution in [2.24, 2.45) is 16.8 Å². The van der Waals surface area contributed by atoms with Gasteiger partial charge in [0.25, 0.3) is 5.91 Å². The zero-order valence-corrected chi connectivity index (χ0v) is 17.5. The molecule has 152 valence electrons. The summed E-state index contributed by atoms with van der Waals surface area (Å²) in [6, 6.07) is 15.8. The molecule has 4 heteroatoms. The molecule has 4 nitrogen and oxygen atoms in total. The van der Waals surface area contributed by atoms with Crippen LogP contribution in [0.15, 0.2) is 53.5 Å². The second kappa shape index (κ2) is 8.40. The number of carbonyl (C=O) groups excluding carboxylic acids is 1. The number of anilines is 2. The number of carbonyl (C=O) groups is 1.